The number of hydrogen-bond donors (Lipinski definition) is 1. The number of rotatable bonds is 1. The predicted molar refractivity (Wildman–Crippen MR) is 60.8 cm³/mol. The van der Waals surface area contributed by atoms with Gasteiger partial charge in [-0.25, -0.2) is 4.98 Å². The third-order valence-electron chi connectivity index (χ3n) is 2.43. The maximum absolute atomic E-state index is 4.58. The molecule has 1 heterocycles. The summed E-state index contributed by atoms with van der Waals surface area (Å²) >= 11 is 2.32. The van der Waals surface area contributed by atoms with Gasteiger partial charge in [-0.3, -0.25) is 0 Å². The normalized spacial score (nSPS) is 16.7. The van der Waals surface area contributed by atoms with E-state index in [1.165, 1.54) is 27.8 Å². The Morgan fingerprint density at radius 3 is 3.00 bits per heavy atom. The average molecular weight is 284 g/mol. The molecule has 0 spiro atoms. The Morgan fingerprint density at radius 1 is 1.38 bits per heavy atom. The SMILES string of the molecule is Ic1ccc2[nH]c(C3CC3)nc2c1. The van der Waals surface area contributed by atoms with Crippen LogP contribution >= 0.6 is 22.6 Å². The Morgan fingerprint density at radius 2 is 2.23 bits per heavy atom. The van der Waals surface area contributed by atoms with Crippen molar-refractivity contribution in [2.75, 3.05) is 0 Å². The van der Waals surface area contributed by atoms with Crippen LogP contribution in [0.3, 0.4) is 0 Å². The van der Waals surface area contributed by atoms with E-state index in [1.54, 1.807) is 0 Å². The van der Waals surface area contributed by atoms with Crippen molar-refractivity contribution in [1.82, 2.24) is 9.97 Å². The van der Waals surface area contributed by atoms with Crippen LogP contribution in [0, 0.1) is 3.57 Å². The topological polar surface area (TPSA) is 28.7 Å². The van der Waals surface area contributed by atoms with Crippen LogP contribution in [0.1, 0.15) is 24.6 Å². The van der Waals surface area contributed by atoms with Crippen LogP contribution in [0.4, 0.5) is 0 Å². The van der Waals surface area contributed by atoms with Crippen molar-refractivity contribution < 1.29 is 0 Å². The average Bonchev–Trinajstić information content (AvgIpc) is 2.87. The second kappa shape index (κ2) is 2.70. The fraction of sp³-hybridized carbons (Fsp3) is 0.300. The highest BCUT2D eigenvalue weighted by molar-refractivity contribution is 14.1. The van der Waals surface area contributed by atoms with Crippen LogP contribution in [-0.2, 0) is 0 Å². The number of aromatic nitrogens is 2. The molecule has 0 saturated heterocycles. The molecule has 1 N–H and O–H groups in total. The number of halogens is 1. The zero-order valence-electron chi connectivity index (χ0n) is 7.05. The fourth-order valence-corrected chi connectivity index (χ4v) is 2.02. The lowest BCUT2D eigenvalue weighted by Crippen LogP contribution is -1.79. The third kappa shape index (κ3) is 1.35. The van der Waals surface area contributed by atoms with Crippen molar-refractivity contribution >= 4 is 33.6 Å². The molecule has 0 bridgehead atoms. The first-order valence-electron chi connectivity index (χ1n) is 4.48. The van der Waals surface area contributed by atoms with Crippen molar-refractivity contribution in [3.05, 3.63) is 27.6 Å². The summed E-state index contributed by atoms with van der Waals surface area (Å²) in [6.07, 6.45) is 2.60. The molecule has 13 heavy (non-hydrogen) atoms. The summed E-state index contributed by atoms with van der Waals surface area (Å²) in [5.74, 6) is 1.89. The number of H-pyrrole nitrogens is 1. The zero-order chi connectivity index (χ0) is 8.84. The smallest absolute Gasteiger partial charge is 0.110 e. The molecular formula is C10H9IN2. The molecule has 1 aromatic heterocycles. The van der Waals surface area contributed by atoms with Crippen LogP contribution in [0.2, 0.25) is 0 Å². The van der Waals surface area contributed by atoms with Crippen molar-refractivity contribution in [1.29, 1.82) is 0 Å². The van der Waals surface area contributed by atoms with E-state index in [2.05, 4.69) is 50.8 Å². The quantitative estimate of drug-likeness (QED) is 0.801. The molecule has 1 saturated carbocycles. The molecule has 0 amide bonds. The Kier molecular flexibility index (Phi) is 1.62. The van der Waals surface area contributed by atoms with Gasteiger partial charge in [-0.1, -0.05) is 0 Å². The minimum Gasteiger partial charge on any atom is -0.342 e. The van der Waals surface area contributed by atoms with Gasteiger partial charge in [0.05, 0.1) is 11.0 Å². The van der Waals surface area contributed by atoms with E-state index >= 15 is 0 Å². The van der Waals surface area contributed by atoms with Gasteiger partial charge in [0.2, 0.25) is 0 Å². The molecular weight excluding hydrogens is 275 g/mol. The van der Waals surface area contributed by atoms with E-state index in [1.807, 2.05) is 0 Å². The molecule has 0 radical (unpaired) electrons. The van der Waals surface area contributed by atoms with E-state index in [4.69, 9.17) is 0 Å². The maximum Gasteiger partial charge on any atom is 0.110 e. The Labute approximate surface area is 89.9 Å². The van der Waals surface area contributed by atoms with Gasteiger partial charge in [0.25, 0.3) is 0 Å². The maximum atomic E-state index is 4.58. The van der Waals surface area contributed by atoms with Gasteiger partial charge in [0.15, 0.2) is 0 Å². The van der Waals surface area contributed by atoms with Crippen LogP contribution in [0.5, 0.6) is 0 Å². The van der Waals surface area contributed by atoms with E-state index in [0.717, 1.165) is 5.52 Å². The highest BCUT2D eigenvalue weighted by atomic mass is 127. The van der Waals surface area contributed by atoms with E-state index in [-0.39, 0.29) is 0 Å². The van der Waals surface area contributed by atoms with Gasteiger partial charge in [-0.15, -0.1) is 0 Å². The van der Waals surface area contributed by atoms with Gasteiger partial charge < -0.3 is 4.98 Å². The molecule has 0 unspecified atom stereocenters. The summed E-state index contributed by atoms with van der Waals surface area (Å²) in [5.41, 5.74) is 2.27. The van der Waals surface area contributed by atoms with Gasteiger partial charge in [0.1, 0.15) is 5.82 Å². The summed E-state index contributed by atoms with van der Waals surface area (Å²) in [6.45, 7) is 0. The third-order valence-corrected chi connectivity index (χ3v) is 3.10. The molecule has 0 atom stereocenters. The Bertz CT molecular complexity index is 457. The minimum absolute atomic E-state index is 0.713. The molecule has 1 aliphatic carbocycles. The number of nitrogens with zero attached hydrogens (tertiary/aromatic N) is 1. The van der Waals surface area contributed by atoms with Gasteiger partial charge in [-0.2, -0.15) is 0 Å². The first-order valence-corrected chi connectivity index (χ1v) is 5.56. The van der Waals surface area contributed by atoms with Gasteiger partial charge >= 0.3 is 0 Å². The number of hydrogen-bond acceptors (Lipinski definition) is 1. The summed E-state index contributed by atoms with van der Waals surface area (Å²) < 4.78 is 1.25. The van der Waals surface area contributed by atoms with Crippen molar-refractivity contribution in [2.45, 2.75) is 18.8 Å². The summed E-state index contributed by atoms with van der Waals surface area (Å²) in [7, 11) is 0. The molecule has 1 aromatic carbocycles. The first kappa shape index (κ1) is 7.79. The Balaban J connectivity index is 2.20. The molecule has 3 heteroatoms. The van der Waals surface area contributed by atoms with Crippen LogP contribution in [0.25, 0.3) is 11.0 Å². The highest BCUT2D eigenvalue weighted by Crippen LogP contribution is 2.39. The number of benzene rings is 1. The molecule has 2 aromatic rings. The summed E-state index contributed by atoms with van der Waals surface area (Å²) in [6, 6.07) is 6.34. The minimum atomic E-state index is 0.713. The number of nitrogens with one attached hydrogen (secondary N) is 1. The van der Waals surface area contributed by atoms with Crippen LogP contribution in [-0.4, -0.2) is 9.97 Å². The number of aromatic amines is 1. The summed E-state index contributed by atoms with van der Waals surface area (Å²) in [5, 5.41) is 0. The van der Waals surface area contributed by atoms with Crippen LogP contribution < -0.4 is 0 Å². The lowest BCUT2D eigenvalue weighted by molar-refractivity contribution is 0.986. The second-order valence-corrected chi connectivity index (χ2v) is 4.80. The lowest BCUT2D eigenvalue weighted by atomic mass is 10.3. The number of fused-ring (bicyclic) bond motifs is 1. The standard InChI is InChI=1S/C10H9IN2/c11-7-3-4-8-9(5-7)13-10(12-8)6-1-2-6/h3-6H,1-2H2,(H,12,13). The molecule has 3 rings (SSSR count). The van der Waals surface area contributed by atoms with Crippen molar-refractivity contribution in [3.8, 4) is 0 Å². The van der Waals surface area contributed by atoms with Gasteiger partial charge in [0, 0.05) is 9.49 Å². The zero-order valence-corrected chi connectivity index (χ0v) is 9.21. The molecule has 1 fully saturated rings. The fourth-order valence-electron chi connectivity index (χ4n) is 1.55. The van der Waals surface area contributed by atoms with E-state index < -0.39 is 0 Å². The molecule has 1 aliphatic rings. The Hall–Kier alpha value is -0.580. The monoisotopic (exact) mass is 284 g/mol. The highest BCUT2D eigenvalue weighted by Gasteiger charge is 2.26. The van der Waals surface area contributed by atoms with E-state index in [9.17, 15) is 0 Å². The predicted octanol–water partition coefficient (Wildman–Crippen LogP) is 3.04. The summed E-state index contributed by atoms with van der Waals surface area (Å²) in [4.78, 5) is 7.95. The van der Waals surface area contributed by atoms with Crippen molar-refractivity contribution in [3.63, 3.8) is 0 Å². The van der Waals surface area contributed by atoms with Crippen LogP contribution in [0.15, 0.2) is 18.2 Å². The van der Waals surface area contributed by atoms with Crippen molar-refractivity contribution in [2.24, 2.45) is 0 Å². The first-order chi connectivity index (χ1) is 6.33. The molecule has 66 valence electrons. The number of imidazole rings is 1. The molecule has 0 aliphatic heterocycles. The lowest BCUT2D eigenvalue weighted by Gasteiger charge is -1.87. The largest absolute Gasteiger partial charge is 0.342 e. The van der Waals surface area contributed by atoms with E-state index in [0.29, 0.717) is 5.92 Å². The second-order valence-electron chi connectivity index (χ2n) is 3.56. The molecule has 2 nitrogen and oxygen atoms in total. The van der Waals surface area contributed by atoms with Gasteiger partial charge in [-0.05, 0) is 53.6 Å².